The van der Waals surface area contributed by atoms with Crippen LogP contribution in [0.3, 0.4) is 0 Å². The van der Waals surface area contributed by atoms with Crippen LogP contribution in [0.4, 0.5) is 0 Å². The normalized spacial score (nSPS) is 11.8. The van der Waals surface area contributed by atoms with Crippen LogP contribution in [0.2, 0.25) is 5.28 Å². The molecule has 0 radical (unpaired) electrons. The Balaban J connectivity index is 2.75. The number of aryl methyl sites for hydroxylation is 1. The summed E-state index contributed by atoms with van der Waals surface area (Å²) in [5, 5.41) is 0.329. The third-order valence-corrected chi connectivity index (χ3v) is 2.87. The second-order valence-electron chi connectivity index (χ2n) is 5.73. The van der Waals surface area contributed by atoms with Gasteiger partial charge in [0, 0.05) is 37.1 Å². The highest BCUT2D eigenvalue weighted by atomic mass is 35.5. The standard InChI is InChI=1S/C14H24ClN3/c1-10(2)7-18(8-11(3)4)9-13-6-16-14(15)17-12(13)5/h6,10-11H,7-9H2,1-5H3. The first-order valence-corrected chi connectivity index (χ1v) is 6.96. The third kappa shape index (κ3) is 5.32. The van der Waals surface area contributed by atoms with Gasteiger partial charge in [-0.1, -0.05) is 27.7 Å². The van der Waals surface area contributed by atoms with Crippen molar-refractivity contribution in [1.82, 2.24) is 14.9 Å². The molecule has 0 fully saturated rings. The average Bonchev–Trinajstić information content (AvgIpc) is 2.20. The molecule has 1 heterocycles. The van der Waals surface area contributed by atoms with Crippen LogP contribution in [0.1, 0.15) is 39.0 Å². The van der Waals surface area contributed by atoms with Gasteiger partial charge in [0.2, 0.25) is 5.28 Å². The van der Waals surface area contributed by atoms with E-state index < -0.39 is 0 Å². The second kappa shape index (κ2) is 7.05. The van der Waals surface area contributed by atoms with E-state index in [2.05, 4.69) is 42.6 Å². The Kier molecular flexibility index (Phi) is 6.03. The lowest BCUT2D eigenvalue weighted by Gasteiger charge is -2.26. The molecule has 0 spiro atoms. The minimum Gasteiger partial charge on any atom is -0.298 e. The van der Waals surface area contributed by atoms with E-state index in [4.69, 9.17) is 11.6 Å². The molecule has 0 aromatic carbocycles. The second-order valence-corrected chi connectivity index (χ2v) is 6.07. The lowest BCUT2D eigenvalue weighted by molar-refractivity contribution is 0.210. The molecule has 4 heteroatoms. The van der Waals surface area contributed by atoms with Crippen molar-refractivity contribution in [3.63, 3.8) is 0 Å². The Morgan fingerprint density at radius 2 is 1.72 bits per heavy atom. The summed E-state index contributed by atoms with van der Waals surface area (Å²) in [5.74, 6) is 1.33. The maximum absolute atomic E-state index is 5.79. The van der Waals surface area contributed by atoms with Gasteiger partial charge in [-0.15, -0.1) is 0 Å². The number of aromatic nitrogens is 2. The zero-order valence-corrected chi connectivity index (χ0v) is 12.8. The van der Waals surface area contributed by atoms with Crippen LogP contribution in [0, 0.1) is 18.8 Å². The molecule has 18 heavy (non-hydrogen) atoms. The van der Waals surface area contributed by atoms with Crippen LogP contribution in [0.5, 0.6) is 0 Å². The van der Waals surface area contributed by atoms with E-state index in [9.17, 15) is 0 Å². The molecule has 0 unspecified atom stereocenters. The first kappa shape index (κ1) is 15.4. The highest BCUT2D eigenvalue weighted by Crippen LogP contribution is 2.13. The smallest absolute Gasteiger partial charge is 0.222 e. The number of hydrogen-bond donors (Lipinski definition) is 0. The Morgan fingerprint density at radius 1 is 1.17 bits per heavy atom. The molecule has 0 aliphatic rings. The monoisotopic (exact) mass is 269 g/mol. The van der Waals surface area contributed by atoms with Crippen molar-refractivity contribution in [2.75, 3.05) is 13.1 Å². The molecule has 0 saturated carbocycles. The van der Waals surface area contributed by atoms with E-state index in [0.29, 0.717) is 17.1 Å². The number of rotatable bonds is 6. The minimum atomic E-state index is 0.329. The highest BCUT2D eigenvalue weighted by molar-refractivity contribution is 6.28. The molecule has 102 valence electrons. The van der Waals surface area contributed by atoms with Crippen LogP contribution in [-0.4, -0.2) is 28.0 Å². The highest BCUT2D eigenvalue weighted by Gasteiger charge is 2.12. The molecule has 1 aromatic rings. The summed E-state index contributed by atoms with van der Waals surface area (Å²) in [4.78, 5) is 10.8. The molecule has 0 aliphatic heterocycles. The van der Waals surface area contributed by atoms with Crippen LogP contribution >= 0.6 is 11.6 Å². The van der Waals surface area contributed by atoms with Gasteiger partial charge in [0.25, 0.3) is 0 Å². The van der Waals surface area contributed by atoms with Gasteiger partial charge >= 0.3 is 0 Å². The Bertz CT molecular complexity index is 367. The minimum absolute atomic E-state index is 0.329. The number of halogens is 1. The summed E-state index contributed by atoms with van der Waals surface area (Å²) < 4.78 is 0. The van der Waals surface area contributed by atoms with Gasteiger partial charge in [-0.3, -0.25) is 4.90 Å². The zero-order chi connectivity index (χ0) is 13.7. The number of nitrogens with zero attached hydrogens (tertiary/aromatic N) is 3. The van der Waals surface area contributed by atoms with Crippen molar-refractivity contribution >= 4 is 11.6 Å². The van der Waals surface area contributed by atoms with Gasteiger partial charge in [-0.25, -0.2) is 9.97 Å². The Hall–Kier alpha value is -0.670. The summed E-state index contributed by atoms with van der Waals surface area (Å²) in [6.45, 7) is 14.1. The summed E-state index contributed by atoms with van der Waals surface area (Å²) in [5.41, 5.74) is 2.15. The zero-order valence-electron chi connectivity index (χ0n) is 12.1. The lowest BCUT2D eigenvalue weighted by Crippen LogP contribution is -2.31. The summed E-state index contributed by atoms with van der Waals surface area (Å²) in [6.07, 6.45) is 1.85. The first-order valence-electron chi connectivity index (χ1n) is 6.58. The Morgan fingerprint density at radius 3 is 2.17 bits per heavy atom. The van der Waals surface area contributed by atoms with Gasteiger partial charge in [0.15, 0.2) is 0 Å². The lowest BCUT2D eigenvalue weighted by atomic mass is 10.1. The van der Waals surface area contributed by atoms with E-state index in [0.717, 1.165) is 25.3 Å². The van der Waals surface area contributed by atoms with Crippen molar-refractivity contribution in [2.24, 2.45) is 11.8 Å². The average molecular weight is 270 g/mol. The first-order chi connectivity index (χ1) is 8.38. The summed E-state index contributed by atoms with van der Waals surface area (Å²) >= 11 is 5.79. The quantitative estimate of drug-likeness (QED) is 0.740. The molecule has 1 aromatic heterocycles. The van der Waals surface area contributed by atoms with Crippen LogP contribution < -0.4 is 0 Å². The van der Waals surface area contributed by atoms with Crippen molar-refractivity contribution in [3.05, 3.63) is 22.7 Å². The van der Waals surface area contributed by atoms with Gasteiger partial charge < -0.3 is 0 Å². The van der Waals surface area contributed by atoms with Crippen molar-refractivity contribution in [3.8, 4) is 0 Å². The van der Waals surface area contributed by atoms with Crippen molar-refractivity contribution in [2.45, 2.75) is 41.2 Å². The fourth-order valence-electron chi connectivity index (χ4n) is 2.10. The van der Waals surface area contributed by atoms with Crippen LogP contribution in [0.25, 0.3) is 0 Å². The largest absolute Gasteiger partial charge is 0.298 e. The third-order valence-electron chi connectivity index (χ3n) is 2.69. The fraction of sp³-hybridized carbons (Fsp3) is 0.714. The Labute approximate surface area is 116 Å². The molecule has 0 atom stereocenters. The molecule has 0 saturated heterocycles. The fourth-order valence-corrected chi connectivity index (χ4v) is 2.27. The van der Waals surface area contributed by atoms with Crippen molar-refractivity contribution in [1.29, 1.82) is 0 Å². The van der Waals surface area contributed by atoms with Crippen LogP contribution in [0.15, 0.2) is 6.20 Å². The predicted octanol–water partition coefficient (Wildman–Crippen LogP) is 3.55. The molecular weight excluding hydrogens is 246 g/mol. The van der Waals surface area contributed by atoms with Crippen molar-refractivity contribution < 1.29 is 0 Å². The molecule has 0 N–H and O–H groups in total. The summed E-state index contributed by atoms with van der Waals surface area (Å²) in [6, 6.07) is 0. The molecule has 1 rings (SSSR count). The molecule has 3 nitrogen and oxygen atoms in total. The van der Waals surface area contributed by atoms with E-state index in [1.807, 2.05) is 13.1 Å². The van der Waals surface area contributed by atoms with E-state index in [-0.39, 0.29) is 0 Å². The van der Waals surface area contributed by atoms with Gasteiger partial charge in [0.05, 0.1) is 0 Å². The van der Waals surface area contributed by atoms with E-state index in [1.54, 1.807) is 0 Å². The van der Waals surface area contributed by atoms with Gasteiger partial charge in [-0.05, 0) is 30.4 Å². The SMILES string of the molecule is Cc1nc(Cl)ncc1CN(CC(C)C)CC(C)C. The molecule has 0 aliphatic carbocycles. The van der Waals surface area contributed by atoms with Gasteiger partial charge in [-0.2, -0.15) is 0 Å². The molecule has 0 amide bonds. The van der Waals surface area contributed by atoms with E-state index in [1.165, 1.54) is 5.56 Å². The van der Waals surface area contributed by atoms with Gasteiger partial charge in [0.1, 0.15) is 0 Å². The summed E-state index contributed by atoms with van der Waals surface area (Å²) in [7, 11) is 0. The maximum atomic E-state index is 5.79. The molecule has 0 bridgehead atoms. The maximum Gasteiger partial charge on any atom is 0.222 e. The molecular formula is C14H24ClN3. The number of hydrogen-bond acceptors (Lipinski definition) is 3. The predicted molar refractivity (Wildman–Crippen MR) is 76.7 cm³/mol. The van der Waals surface area contributed by atoms with E-state index >= 15 is 0 Å². The topological polar surface area (TPSA) is 29.0 Å². The van der Waals surface area contributed by atoms with Crippen LogP contribution in [-0.2, 0) is 6.54 Å².